The fourth-order valence-corrected chi connectivity index (χ4v) is 2.83. The van der Waals surface area contributed by atoms with Crippen LogP contribution in [-0.4, -0.2) is 49.4 Å². The van der Waals surface area contributed by atoms with Crippen LogP contribution in [0.25, 0.3) is 0 Å². The highest BCUT2D eigenvalue weighted by molar-refractivity contribution is 4.99. The van der Waals surface area contributed by atoms with Crippen molar-refractivity contribution >= 4 is 0 Å². The van der Waals surface area contributed by atoms with E-state index in [1.807, 2.05) is 6.92 Å². The van der Waals surface area contributed by atoms with E-state index in [-0.39, 0.29) is 0 Å². The molecule has 0 atom stereocenters. The van der Waals surface area contributed by atoms with E-state index < -0.39 is 0 Å². The maximum absolute atomic E-state index is 5.43. The Morgan fingerprint density at radius 2 is 2.05 bits per heavy atom. The molecule has 3 heterocycles. The predicted molar refractivity (Wildman–Crippen MR) is 81.6 cm³/mol. The van der Waals surface area contributed by atoms with Crippen LogP contribution in [0.1, 0.15) is 56.1 Å². The largest absolute Gasteiger partial charge is 0.339 e. The quantitative estimate of drug-likeness (QED) is 0.841. The second-order valence-corrected chi connectivity index (χ2v) is 6.33. The maximum atomic E-state index is 5.43. The Kier molecular flexibility index (Phi) is 4.52. The van der Waals surface area contributed by atoms with Crippen molar-refractivity contribution in [1.82, 2.24) is 29.8 Å². The van der Waals surface area contributed by atoms with Crippen LogP contribution >= 0.6 is 0 Å². The lowest BCUT2D eigenvalue weighted by Gasteiger charge is -2.30. The van der Waals surface area contributed by atoms with E-state index in [9.17, 15) is 0 Å². The minimum absolute atomic E-state index is 0.324. The molecule has 22 heavy (non-hydrogen) atoms. The zero-order chi connectivity index (χ0) is 15.5. The summed E-state index contributed by atoms with van der Waals surface area (Å²) in [6, 6.07) is 0. The number of aryl methyl sites for hydroxylation is 1. The molecular formula is C15H24N6O. The molecule has 1 aliphatic heterocycles. The van der Waals surface area contributed by atoms with Crippen LogP contribution in [-0.2, 0) is 6.54 Å². The van der Waals surface area contributed by atoms with Gasteiger partial charge in [0.1, 0.15) is 12.2 Å². The Balaban J connectivity index is 1.48. The molecular weight excluding hydrogens is 280 g/mol. The van der Waals surface area contributed by atoms with Crippen molar-refractivity contribution in [3.8, 4) is 0 Å². The monoisotopic (exact) mass is 304 g/mol. The van der Waals surface area contributed by atoms with E-state index >= 15 is 0 Å². The highest BCUT2D eigenvalue weighted by Crippen LogP contribution is 2.27. The third kappa shape index (κ3) is 3.35. The van der Waals surface area contributed by atoms with E-state index in [2.05, 4.69) is 43.7 Å². The molecule has 0 amide bonds. The number of aromatic nitrogens is 5. The molecule has 7 nitrogen and oxygen atoms in total. The number of piperidine rings is 1. The molecule has 2 aromatic rings. The fourth-order valence-electron chi connectivity index (χ4n) is 2.83. The molecule has 1 aliphatic rings. The molecule has 2 aromatic heterocycles. The molecule has 1 saturated heterocycles. The first-order valence-corrected chi connectivity index (χ1v) is 8.03. The number of nitrogens with zero attached hydrogens (tertiary/aromatic N) is 6. The van der Waals surface area contributed by atoms with Crippen LogP contribution in [0.3, 0.4) is 0 Å². The molecule has 0 spiro atoms. The lowest BCUT2D eigenvalue weighted by molar-refractivity contribution is 0.188. The Hall–Kier alpha value is -1.76. The topological polar surface area (TPSA) is 72.9 Å². The van der Waals surface area contributed by atoms with Crippen molar-refractivity contribution in [2.45, 2.75) is 52.0 Å². The van der Waals surface area contributed by atoms with Crippen LogP contribution in [0.2, 0.25) is 0 Å². The van der Waals surface area contributed by atoms with Gasteiger partial charge in [0.05, 0.1) is 0 Å². The zero-order valence-corrected chi connectivity index (χ0v) is 13.6. The van der Waals surface area contributed by atoms with E-state index in [0.717, 1.165) is 56.6 Å². The Bertz CT molecular complexity index is 597. The molecule has 0 N–H and O–H groups in total. The minimum atomic E-state index is 0.324. The Morgan fingerprint density at radius 1 is 1.27 bits per heavy atom. The smallest absolute Gasteiger partial charge is 0.229 e. The highest BCUT2D eigenvalue weighted by atomic mass is 16.5. The average molecular weight is 304 g/mol. The summed E-state index contributed by atoms with van der Waals surface area (Å²) < 4.78 is 7.53. The van der Waals surface area contributed by atoms with Crippen LogP contribution in [0.4, 0.5) is 0 Å². The van der Waals surface area contributed by atoms with Crippen molar-refractivity contribution in [2.75, 3.05) is 19.6 Å². The van der Waals surface area contributed by atoms with E-state index in [4.69, 9.17) is 4.52 Å². The van der Waals surface area contributed by atoms with Crippen LogP contribution in [0.15, 0.2) is 10.9 Å². The molecule has 3 rings (SSSR count). The summed E-state index contributed by atoms with van der Waals surface area (Å²) in [7, 11) is 0. The summed E-state index contributed by atoms with van der Waals surface area (Å²) >= 11 is 0. The van der Waals surface area contributed by atoms with Crippen molar-refractivity contribution < 1.29 is 4.52 Å². The van der Waals surface area contributed by atoms with E-state index in [0.29, 0.717) is 11.8 Å². The fraction of sp³-hybridized carbons (Fsp3) is 0.733. The van der Waals surface area contributed by atoms with Gasteiger partial charge in [0.25, 0.3) is 0 Å². The summed E-state index contributed by atoms with van der Waals surface area (Å²) in [6.45, 7) is 10.3. The van der Waals surface area contributed by atoms with Gasteiger partial charge in [-0.05, 0) is 32.9 Å². The minimum Gasteiger partial charge on any atom is -0.339 e. The maximum Gasteiger partial charge on any atom is 0.229 e. The lowest BCUT2D eigenvalue weighted by Crippen LogP contribution is -2.35. The van der Waals surface area contributed by atoms with Crippen molar-refractivity contribution in [1.29, 1.82) is 0 Å². The van der Waals surface area contributed by atoms with Crippen molar-refractivity contribution in [2.24, 2.45) is 0 Å². The Morgan fingerprint density at radius 3 is 2.64 bits per heavy atom. The van der Waals surface area contributed by atoms with Crippen molar-refractivity contribution in [3.05, 3.63) is 23.9 Å². The van der Waals surface area contributed by atoms with Gasteiger partial charge >= 0.3 is 0 Å². The number of likely N-dealkylation sites (tertiary alicyclic amines) is 1. The van der Waals surface area contributed by atoms with E-state index in [1.165, 1.54) is 0 Å². The van der Waals surface area contributed by atoms with Gasteiger partial charge in [0.2, 0.25) is 5.89 Å². The van der Waals surface area contributed by atoms with Gasteiger partial charge in [0, 0.05) is 24.9 Å². The first kappa shape index (κ1) is 15.1. The van der Waals surface area contributed by atoms with Gasteiger partial charge in [-0.1, -0.05) is 19.0 Å². The molecule has 0 saturated carbocycles. The predicted octanol–water partition coefficient (Wildman–Crippen LogP) is 1.97. The average Bonchev–Trinajstić information content (AvgIpc) is 3.15. The molecule has 7 heteroatoms. The Labute approximate surface area is 130 Å². The third-order valence-electron chi connectivity index (χ3n) is 4.38. The summed E-state index contributed by atoms with van der Waals surface area (Å²) in [4.78, 5) is 7.02. The molecule has 0 aromatic carbocycles. The SMILES string of the molecule is Cc1nncn1CCN1CCC(c2nc(C(C)C)no2)CC1. The number of hydrogen-bond acceptors (Lipinski definition) is 6. The second kappa shape index (κ2) is 6.56. The standard InChI is InChI=1S/C15H24N6O/c1-11(2)14-17-15(22-19-14)13-4-6-20(7-5-13)8-9-21-10-16-18-12(21)3/h10-11,13H,4-9H2,1-3H3. The van der Waals surface area contributed by atoms with E-state index in [1.54, 1.807) is 6.33 Å². The highest BCUT2D eigenvalue weighted by Gasteiger charge is 2.25. The summed E-state index contributed by atoms with van der Waals surface area (Å²) in [6.07, 6.45) is 3.97. The zero-order valence-electron chi connectivity index (χ0n) is 13.6. The second-order valence-electron chi connectivity index (χ2n) is 6.33. The first-order chi connectivity index (χ1) is 10.6. The molecule has 0 radical (unpaired) electrons. The molecule has 120 valence electrons. The number of hydrogen-bond donors (Lipinski definition) is 0. The third-order valence-corrected chi connectivity index (χ3v) is 4.38. The van der Waals surface area contributed by atoms with Crippen LogP contribution < -0.4 is 0 Å². The molecule has 0 bridgehead atoms. The normalized spacial score (nSPS) is 17.5. The van der Waals surface area contributed by atoms with Gasteiger partial charge in [-0.2, -0.15) is 4.98 Å². The van der Waals surface area contributed by atoms with Crippen LogP contribution in [0.5, 0.6) is 0 Å². The summed E-state index contributed by atoms with van der Waals surface area (Å²) in [5, 5.41) is 12.0. The van der Waals surface area contributed by atoms with Crippen molar-refractivity contribution in [3.63, 3.8) is 0 Å². The van der Waals surface area contributed by atoms with Crippen LogP contribution in [0, 0.1) is 6.92 Å². The first-order valence-electron chi connectivity index (χ1n) is 8.03. The summed E-state index contributed by atoms with van der Waals surface area (Å²) in [5.41, 5.74) is 0. The van der Waals surface area contributed by atoms with Gasteiger partial charge in [-0.3, -0.25) is 0 Å². The van der Waals surface area contributed by atoms with Gasteiger partial charge in [0.15, 0.2) is 5.82 Å². The summed E-state index contributed by atoms with van der Waals surface area (Å²) in [5.74, 6) is 3.35. The van der Waals surface area contributed by atoms with Gasteiger partial charge < -0.3 is 14.0 Å². The number of rotatable bonds is 5. The lowest BCUT2D eigenvalue weighted by atomic mass is 9.97. The molecule has 0 unspecified atom stereocenters. The molecule has 1 fully saturated rings. The molecule has 0 aliphatic carbocycles. The van der Waals surface area contributed by atoms with Gasteiger partial charge in [-0.25, -0.2) is 0 Å². The van der Waals surface area contributed by atoms with Gasteiger partial charge in [-0.15, -0.1) is 10.2 Å².